The fourth-order valence-corrected chi connectivity index (χ4v) is 3.63. The summed E-state index contributed by atoms with van der Waals surface area (Å²) in [6.45, 7) is 0. The molecule has 0 aliphatic heterocycles. The van der Waals surface area contributed by atoms with Crippen molar-refractivity contribution in [1.29, 1.82) is 0 Å². The van der Waals surface area contributed by atoms with Crippen LogP contribution in [0.15, 0.2) is 61.2 Å². The maximum absolute atomic E-state index is 13.3. The number of fused-ring (bicyclic) bond motifs is 1. The monoisotopic (exact) mass is 402 g/mol. The van der Waals surface area contributed by atoms with Gasteiger partial charge in [-0.1, -0.05) is 6.07 Å². The average molecular weight is 402 g/mol. The van der Waals surface area contributed by atoms with Crippen LogP contribution in [-0.4, -0.2) is 32.7 Å². The summed E-state index contributed by atoms with van der Waals surface area (Å²) in [4.78, 5) is 21.7. The van der Waals surface area contributed by atoms with E-state index >= 15 is 0 Å². The van der Waals surface area contributed by atoms with Crippen molar-refractivity contribution in [3.8, 4) is 5.69 Å². The maximum Gasteiger partial charge on any atom is 0.254 e. The smallest absolute Gasteiger partial charge is 0.254 e. The number of rotatable bonds is 5. The van der Waals surface area contributed by atoms with Gasteiger partial charge in [0, 0.05) is 24.8 Å². The topological polar surface area (TPSA) is 84.7 Å². The molecule has 0 saturated heterocycles. The van der Waals surface area contributed by atoms with E-state index in [1.54, 1.807) is 41.6 Å². The molecule has 1 aliphatic rings. The van der Waals surface area contributed by atoms with Gasteiger partial charge in [-0.2, -0.15) is 5.10 Å². The summed E-state index contributed by atoms with van der Waals surface area (Å²) >= 11 is 0. The minimum Gasteiger partial charge on any atom is -0.373 e. The molecule has 8 heteroatoms. The first-order valence-electron chi connectivity index (χ1n) is 9.64. The second-order valence-corrected chi connectivity index (χ2v) is 7.37. The number of hydrogen-bond donors (Lipinski definition) is 2. The molecule has 4 aromatic rings. The lowest BCUT2D eigenvalue weighted by Crippen LogP contribution is -2.35. The first kappa shape index (κ1) is 18.2. The van der Waals surface area contributed by atoms with E-state index in [4.69, 9.17) is 0 Å². The second-order valence-electron chi connectivity index (χ2n) is 7.37. The highest BCUT2D eigenvalue weighted by Gasteiger charge is 2.46. The van der Waals surface area contributed by atoms with E-state index < -0.39 is 5.54 Å². The maximum atomic E-state index is 13.3. The van der Waals surface area contributed by atoms with Crippen molar-refractivity contribution in [3.63, 3.8) is 0 Å². The SMILES string of the molecule is CNc1ccc(C2(NC(=O)c3cncc4c3cnn4-c3ccc(F)cc3)CC2)cn1. The standard InChI is InChI=1S/C22H19FN6O/c1-24-20-7-2-14(10-26-20)22(8-9-22)28-21(30)18-11-25-13-19-17(18)12-27-29(19)16-5-3-15(23)4-6-16/h2-7,10-13H,8-9H2,1H3,(H,24,26)(H,28,30). The second kappa shape index (κ2) is 6.91. The molecule has 1 amide bonds. The molecule has 1 fully saturated rings. The Morgan fingerprint density at radius 3 is 2.53 bits per heavy atom. The number of halogens is 1. The van der Waals surface area contributed by atoms with Crippen LogP contribution in [-0.2, 0) is 5.54 Å². The van der Waals surface area contributed by atoms with Gasteiger partial charge in [0.25, 0.3) is 5.91 Å². The minimum atomic E-state index is -0.397. The van der Waals surface area contributed by atoms with Crippen molar-refractivity contribution in [1.82, 2.24) is 25.1 Å². The summed E-state index contributed by atoms with van der Waals surface area (Å²) in [5, 5.41) is 11.2. The first-order chi connectivity index (χ1) is 14.6. The molecule has 1 aromatic carbocycles. The number of anilines is 1. The summed E-state index contributed by atoms with van der Waals surface area (Å²) in [5.74, 6) is 0.255. The molecule has 0 atom stereocenters. The van der Waals surface area contributed by atoms with Crippen LogP contribution in [0.4, 0.5) is 10.2 Å². The summed E-state index contributed by atoms with van der Waals surface area (Å²) in [6, 6.07) is 9.90. The van der Waals surface area contributed by atoms with E-state index in [0.29, 0.717) is 22.2 Å². The number of pyridine rings is 2. The quantitative estimate of drug-likeness (QED) is 0.534. The van der Waals surface area contributed by atoms with Crippen LogP contribution in [0.3, 0.4) is 0 Å². The van der Waals surface area contributed by atoms with Gasteiger partial charge < -0.3 is 10.6 Å². The largest absolute Gasteiger partial charge is 0.373 e. The van der Waals surface area contributed by atoms with Crippen LogP contribution < -0.4 is 10.6 Å². The predicted octanol–water partition coefficient (Wildman–Crippen LogP) is 3.42. The number of benzene rings is 1. The fourth-order valence-electron chi connectivity index (χ4n) is 3.63. The highest BCUT2D eigenvalue weighted by atomic mass is 19.1. The minimum absolute atomic E-state index is 0.207. The Bertz CT molecular complexity index is 1230. The van der Waals surface area contributed by atoms with Crippen molar-refractivity contribution in [2.24, 2.45) is 0 Å². The summed E-state index contributed by atoms with van der Waals surface area (Å²) in [6.07, 6.45) is 8.35. The number of hydrogen-bond acceptors (Lipinski definition) is 5. The molecule has 1 aliphatic carbocycles. The number of carbonyl (C=O) groups excluding carboxylic acids is 1. The van der Waals surface area contributed by atoms with Gasteiger partial charge in [0.2, 0.25) is 0 Å². The van der Waals surface area contributed by atoms with E-state index in [1.165, 1.54) is 12.1 Å². The summed E-state index contributed by atoms with van der Waals surface area (Å²) in [7, 11) is 1.82. The van der Waals surface area contributed by atoms with Gasteiger partial charge in [-0.3, -0.25) is 9.78 Å². The Morgan fingerprint density at radius 1 is 1.07 bits per heavy atom. The van der Waals surface area contributed by atoms with Crippen molar-refractivity contribution < 1.29 is 9.18 Å². The lowest BCUT2D eigenvalue weighted by molar-refractivity contribution is 0.0932. The van der Waals surface area contributed by atoms with Gasteiger partial charge in [-0.25, -0.2) is 14.1 Å². The molecule has 0 spiro atoms. The first-order valence-corrected chi connectivity index (χ1v) is 9.64. The van der Waals surface area contributed by atoms with Crippen molar-refractivity contribution in [3.05, 3.63) is 78.1 Å². The molecule has 0 radical (unpaired) electrons. The lowest BCUT2D eigenvalue weighted by Gasteiger charge is -2.18. The molecule has 0 unspecified atom stereocenters. The number of carbonyl (C=O) groups is 1. The van der Waals surface area contributed by atoms with Gasteiger partial charge in [0.1, 0.15) is 11.6 Å². The van der Waals surface area contributed by atoms with Crippen molar-refractivity contribution in [2.75, 3.05) is 12.4 Å². The lowest BCUT2D eigenvalue weighted by atomic mass is 10.1. The number of nitrogens with one attached hydrogen (secondary N) is 2. The van der Waals surface area contributed by atoms with E-state index in [-0.39, 0.29) is 11.7 Å². The molecule has 30 heavy (non-hydrogen) atoms. The highest BCUT2D eigenvalue weighted by Crippen LogP contribution is 2.45. The van der Waals surface area contributed by atoms with Crippen LogP contribution in [0.2, 0.25) is 0 Å². The zero-order valence-corrected chi connectivity index (χ0v) is 16.3. The Kier molecular flexibility index (Phi) is 4.20. The zero-order chi connectivity index (χ0) is 20.7. The van der Waals surface area contributed by atoms with Crippen LogP contribution in [0.5, 0.6) is 0 Å². The molecule has 2 N–H and O–H groups in total. The van der Waals surface area contributed by atoms with Gasteiger partial charge in [-0.05, 0) is 48.7 Å². The zero-order valence-electron chi connectivity index (χ0n) is 16.3. The summed E-state index contributed by atoms with van der Waals surface area (Å²) in [5.41, 5.74) is 2.41. The molecule has 5 rings (SSSR count). The van der Waals surface area contributed by atoms with E-state index in [2.05, 4.69) is 25.7 Å². The molecule has 7 nitrogen and oxygen atoms in total. The van der Waals surface area contributed by atoms with Crippen LogP contribution >= 0.6 is 0 Å². The van der Waals surface area contributed by atoms with Crippen LogP contribution in [0.1, 0.15) is 28.8 Å². The molecule has 3 heterocycles. The number of nitrogens with zero attached hydrogens (tertiary/aromatic N) is 4. The molecule has 0 bridgehead atoms. The predicted molar refractivity (Wildman–Crippen MR) is 111 cm³/mol. The van der Waals surface area contributed by atoms with Crippen LogP contribution in [0, 0.1) is 5.82 Å². The molecule has 3 aromatic heterocycles. The molecule has 1 saturated carbocycles. The Hall–Kier alpha value is -3.81. The van der Waals surface area contributed by atoms with Crippen molar-refractivity contribution >= 4 is 22.6 Å². The normalized spacial score (nSPS) is 14.5. The van der Waals surface area contributed by atoms with E-state index in [0.717, 1.165) is 24.2 Å². The molecule has 150 valence electrons. The number of amides is 1. The third-order valence-corrected chi connectivity index (χ3v) is 5.49. The third kappa shape index (κ3) is 3.06. The van der Waals surface area contributed by atoms with Crippen molar-refractivity contribution in [2.45, 2.75) is 18.4 Å². The van der Waals surface area contributed by atoms with Gasteiger partial charge >= 0.3 is 0 Å². The van der Waals surface area contributed by atoms with Gasteiger partial charge in [0.05, 0.1) is 34.7 Å². The Morgan fingerprint density at radius 2 is 1.87 bits per heavy atom. The Labute approximate surface area is 172 Å². The van der Waals surface area contributed by atoms with E-state index in [1.807, 2.05) is 19.2 Å². The van der Waals surface area contributed by atoms with Crippen LogP contribution in [0.25, 0.3) is 16.6 Å². The Balaban J connectivity index is 1.46. The number of aromatic nitrogens is 4. The highest BCUT2D eigenvalue weighted by molar-refractivity contribution is 6.06. The summed E-state index contributed by atoms with van der Waals surface area (Å²) < 4.78 is 14.9. The third-order valence-electron chi connectivity index (χ3n) is 5.49. The van der Waals surface area contributed by atoms with Gasteiger partial charge in [-0.15, -0.1) is 0 Å². The van der Waals surface area contributed by atoms with E-state index in [9.17, 15) is 9.18 Å². The molecular formula is C22H19FN6O. The fraction of sp³-hybridized carbons (Fsp3) is 0.182. The average Bonchev–Trinajstić information content (AvgIpc) is 3.43. The van der Waals surface area contributed by atoms with Gasteiger partial charge in [0.15, 0.2) is 0 Å². The molecular weight excluding hydrogens is 383 g/mol.